The number of urea groups is 1. The fraction of sp³-hybridized carbons (Fsp3) is 0.235. The maximum Gasteiger partial charge on any atom is 0.404 e. The van der Waals surface area contributed by atoms with Crippen LogP contribution in [0.2, 0.25) is 0 Å². The molecule has 2 aromatic carbocycles. The SMILES string of the molecule is Cc1cccc(N=NC(=O)N=Nc2cccc(C)c2C)c1C. The van der Waals surface area contributed by atoms with Crippen molar-refractivity contribution in [1.29, 1.82) is 0 Å². The minimum atomic E-state index is -0.721. The molecule has 0 heterocycles. The molecule has 0 bridgehead atoms. The lowest BCUT2D eigenvalue weighted by atomic mass is 10.1. The zero-order valence-electron chi connectivity index (χ0n) is 13.2. The van der Waals surface area contributed by atoms with Gasteiger partial charge in [0.1, 0.15) is 0 Å². The van der Waals surface area contributed by atoms with E-state index in [1.165, 1.54) is 0 Å². The second-order valence-electron chi connectivity index (χ2n) is 5.12. The number of nitrogens with zero attached hydrogens (tertiary/aromatic N) is 4. The Morgan fingerprint density at radius 3 is 1.55 bits per heavy atom. The molecule has 5 heteroatoms. The molecule has 2 rings (SSSR count). The number of hydrogen-bond acceptors (Lipinski definition) is 3. The van der Waals surface area contributed by atoms with Gasteiger partial charge in [-0.3, -0.25) is 0 Å². The Morgan fingerprint density at radius 2 is 1.14 bits per heavy atom. The molecular weight excluding hydrogens is 276 g/mol. The summed E-state index contributed by atoms with van der Waals surface area (Å²) in [4.78, 5) is 11.7. The number of rotatable bonds is 2. The Labute approximate surface area is 129 Å². The summed E-state index contributed by atoms with van der Waals surface area (Å²) >= 11 is 0. The summed E-state index contributed by atoms with van der Waals surface area (Å²) in [5.41, 5.74) is 5.50. The zero-order chi connectivity index (χ0) is 16.1. The molecule has 0 spiro atoms. The minimum absolute atomic E-state index is 0.662. The molecule has 2 amide bonds. The predicted octanol–water partition coefficient (Wildman–Crippen LogP) is 5.91. The molecule has 0 fully saturated rings. The van der Waals surface area contributed by atoms with Gasteiger partial charge < -0.3 is 0 Å². The van der Waals surface area contributed by atoms with Crippen molar-refractivity contribution >= 4 is 17.4 Å². The fourth-order valence-electron chi connectivity index (χ4n) is 1.90. The third-order valence-electron chi connectivity index (χ3n) is 3.64. The van der Waals surface area contributed by atoms with Gasteiger partial charge in [0.15, 0.2) is 0 Å². The van der Waals surface area contributed by atoms with Crippen LogP contribution in [0.15, 0.2) is 56.9 Å². The molecule has 0 N–H and O–H groups in total. The van der Waals surface area contributed by atoms with E-state index >= 15 is 0 Å². The Hall–Kier alpha value is -2.69. The van der Waals surface area contributed by atoms with Gasteiger partial charge in [-0.1, -0.05) is 34.5 Å². The van der Waals surface area contributed by atoms with Gasteiger partial charge in [-0.2, -0.15) is 0 Å². The zero-order valence-corrected chi connectivity index (χ0v) is 13.2. The molecule has 0 radical (unpaired) electrons. The normalized spacial score (nSPS) is 11.5. The first-order chi connectivity index (χ1) is 10.5. The van der Waals surface area contributed by atoms with Crippen LogP contribution >= 0.6 is 0 Å². The number of aryl methyl sites for hydroxylation is 2. The lowest BCUT2D eigenvalue weighted by Gasteiger charge is -2.01. The van der Waals surface area contributed by atoms with Gasteiger partial charge in [-0.25, -0.2) is 4.79 Å². The summed E-state index contributed by atoms with van der Waals surface area (Å²) in [5, 5.41) is 15.1. The molecule has 2 aromatic rings. The number of hydrogen-bond donors (Lipinski definition) is 0. The highest BCUT2D eigenvalue weighted by molar-refractivity contribution is 5.75. The van der Waals surface area contributed by atoms with Crippen LogP contribution in [0.3, 0.4) is 0 Å². The summed E-state index contributed by atoms with van der Waals surface area (Å²) in [6, 6.07) is 10.6. The number of carbonyl (C=O) groups is 1. The Balaban J connectivity index is 2.13. The molecule has 0 unspecified atom stereocenters. The van der Waals surface area contributed by atoms with Crippen molar-refractivity contribution in [1.82, 2.24) is 0 Å². The van der Waals surface area contributed by atoms with Gasteiger partial charge in [0.05, 0.1) is 11.4 Å². The van der Waals surface area contributed by atoms with Crippen LogP contribution in [0, 0.1) is 27.7 Å². The van der Waals surface area contributed by atoms with Crippen molar-refractivity contribution in [3.63, 3.8) is 0 Å². The molecule has 0 saturated carbocycles. The molecule has 5 nitrogen and oxygen atoms in total. The van der Waals surface area contributed by atoms with Gasteiger partial charge in [0.25, 0.3) is 0 Å². The highest BCUT2D eigenvalue weighted by Crippen LogP contribution is 2.23. The van der Waals surface area contributed by atoms with E-state index in [1.54, 1.807) is 12.1 Å². The average molecular weight is 294 g/mol. The van der Waals surface area contributed by atoms with Crippen molar-refractivity contribution in [3.8, 4) is 0 Å². The Kier molecular flexibility index (Phi) is 4.88. The van der Waals surface area contributed by atoms with E-state index in [4.69, 9.17) is 0 Å². The maximum absolute atomic E-state index is 11.7. The highest BCUT2D eigenvalue weighted by atomic mass is 16.2. The minimum Gasteiger partial charge on any atom is -0.240 e. The number of carbonyl (C=O) groups excluding carboxylic acids is 1. The lowest BCUT2D eigenvalue weighted by molar-refractivity contribution is 0.254. The van der Waals surface area contributed by atoms with Crippen LogP contribution in [0.25, 0.3) is 0 Å². The summed E-state index contributed by atoms with van der Waals surface area (Å²) < 4.78 is 0. The maximum atomic E-state index is 11.7. The average Bonchev–Trinajstić information content (AvgIpc) is 2.50. The first-order valence-corrected chi connectivity index (χ1v) is 6.99. The highest BCUT2D eigenvalue weighted by Gasteiger charge is 2.02. The van der Waals surface area contributed by atoms with E-state index in [0.29, 0.717) is 11.4 Å². The molecule has 22 heavy (non-hydrogen) atoms. The predicted molar refractivity (Wildman–Crippen MR) is 86.3 cm³/mol. The smallest absolute Gasteiger partial charge is 0.240 e. The molecule has 0 atom stereocenters. The van der Waals surface area contributed by atoms with E-state index < -0.39 is 6.03 Å². The van der Waals surface area contributed by atoms with E-state index in [-0.39, 0.29) is 0 Å². The molecule has 0 aliphatic carbocycles. The van der Waals surface area contributed by atoms with Crippen LogP contribution in [0.1, 0.15) is 22.3 Å². The van der Waals surface area contributed by atoms with Gasteiger partial charge in [-0.05, 0) is 62.1 Å². The van der Waals surface area contributed by atoms with Crippen LogP contribution < -0.4 is 0 Å². The molecule has 0 aliphatic rings. The van der Waals surface area contributed by atoms with Crippen molar-refractivity contribution in [2.24, 2.45) is 20.5 Å². The number of benzene rings is 2. The van der Waals surface area contributed by atoms with Crippen molar-refractivity contribution in [3.05, 3.63) is 58.7 Å². The van der Waals surface area contributed by atoms with E-state index in [2.05, 4.69) is 20.5 Å². The topological polar surface area (TPSA) is 66.5 Å². The number of amides is 2. The summed E-state index contributed by atoms with van der Waals surface area (Å²) in [6.07, 6.45) is 0. The van der Waals surface area contributed by atoms with Gasteiger partial charge in [0, 0.05) is 0 Å². The van der Waals surface area contributed by atoms with Gasteiger partial charge >= 0.3 is 6.03 Å². The summed E-state index contributed by atoms with van der Waals surface area (Å²) in [7, 11) is 0. The largest absolute Gasteiger partial charge is 0.404 e. The van der Waals surface area contributed by atoms with Gasteiger partial charge in [0.2, 0.25) is 0 Å². The second-order valence-corrected chi connectivity index (χ2v) is 5.12. The Bertz CT molecular complexity index is 700. The third kappa shape index (κ3) is 3.69. The Morgan fingerprint density at radius 1 is 0.727 bits per heavy atom. The molecular formula is C17H18N4O. The fourth-order valence-corrected chi connectivity index (χ4v) is 1.90. The van der Waals surface area contributed by atoms with E-state index in [1.807, 2.05) is 52.0 Å². The van der Waals surface area contributed by atoms with Crippen LogP contribution in [-0.2, 0) is 0 Å². The van der Waals surface area contributed by atoms with Crippen LogP contribution in [0.5, 0.6) is 0 Å². The first-order valence-electron chi connectivity index (χ1n) is 6.99. The quantitative estimate of drug-likeness (QED) is 0.635. The van der Waals surface area contributed by atoms with E-state index in [9.17, 15) is 4.79 Å². The second kappa shape index (κ2) is 6.85. The van der Waals surface area contributed by atoms with Crippen molar-refractivity contribution in [2.45, 2.75) is 27.7 Å². The van der Waals surface area contributed by atoms with Crippen LogP contribution in [0.4, 0.5) is 16.2 Å². The first kappa shape index (κ1) is 15.7. The molecule has 112 valence electrons. The monoisotopic (exact) mass is 294 g/mol. The lowest BCUT2D eigenvalue weighted by Crippen LogP contribution is -1.84. The third-order valence-corrected chi connectivity index (χ3v) is 3.64. The van der Waals surface area contributed by atoms with E-state index in [0.717, 1.165) is 22.3 Å². The standard InChI is InChI=1S/C17H18N4O/c1-11-7-5-9-15(13(11)3)18-20-17(22)21-19-16-10-6-8-12(2)14(16)4/h5-10H,1-4H3. The van der Waals surface area contributed by atoms with Crippen molar-refractivity contribution in [2.75, 3.05) is 0 Å². The van der Waals surface area contributed by atoms with Crippen molar-refractivity contribution < 1.29 is 4.79 Å². The molecule has 0 aromatic heterocycles. The summed E-state index contributed by atoms with van der Waals surface area (Å²) in [6.45, 7) is 7.84. The molecule has 0 saturated heterocycles. The van der Waals surface area contributed by atoms with Crippen LogP contribution in [-0.4, -0.2) is 6.03 Å². The number of azo groups is 2. The molecule has 0 aliphatic heterocycles. The summed E-state index contributed by atoms with van der Waals surface area (Å²) in [5.74, 6) is 0. The van der Waals surface area contributed by atoms with Gasteiger partial charge in [-0.15, -0.1) is 10.2 Å².